The van der Waals surface area contributed by atoms with Crippen LogP contribution in [0.5, 0.6) is 5.75 Å². The fourth-order valence-electron chi connectivity index (χ4n) is 5.99. The van der Waals surface area contributed by atoms with E-state index < -0.39 is 12.1 Å². The fraction of sp³-hybridized carbons (Fsp3) is 0.643. The third kappa shape index (κ3) is 6.71. The topological polar surface area (TPSA) is 109 Å². The number of hydrogen-bond donors (Lipinski definition) is 3. The van der Waals surface area contributed by atoms with Gasteiger partial charge < -0.3 is 25.6 Å². The molecule has 7 nitrogen and oxygen atoms in total. The maximum Gasteiger partial charge on any atom is 0.303 e. The maximum atomic E-state index is 11.8. The molecule has 1 aliphatic carbocycles. The number of carboxylic acid groups (broad SMARTS) is 1. The number of ether oxygens (including phenoxy) is 1. The van der Waals surface area contributed by atoms with Crippen LogP contribution >= 0.6 is 11.8 Å². The number of methoxy groups -OCH3 is 1. The molecule has 0 spiro atoms. The molecule has 36 heavy (non-hydrogen) atoms. The summed E-state index contributed by atoms with van der Waals surface area (Å²) in [5, 5.41) is 22.7. The summed E-state index contributed by atoms with van der Waals surface area (Å²) >= 11 is 2.11. The first-order chi connectivity index (χ1) is 17.4. The summed E-state index contributed by atoms with van der Waals surface area (Å²) in [6.45, 7) is 3.22. The number of fused-ring (bicyclic) bond motifs is 1. The quantitative estimate of drug-likeness (QED) is 0.372. The monoisotopic (exact) mass is 515 g/mol. The number of nitrogens with zero attached hydrogens (tertiary/aromatic N) is 2. The molecule has 1 aromatic carbocycles. The Hall–Kier alpha value is -1.87. The highest BCUT2D eigenvalue weighted by molar-refractivity contribution is 7.99. The minimum atomic E-state index is -0.753. The van der Waals surface area contributed by atoms with E-state index in [1.807, 2.05) is 18.2 Å². The Morgan fingerprint density at radius 2 is 2.06 bits per heavy atom. The van der Waals surface area contributed by atoms with Crippen molar-refractivity contribution in [2.45, 2.75) is 75.7 Å². The number of carbonyl (C=O) groups is 1. The van der Waals surface area contributed by atoms with Crippen LogP contribution in [0.15, 0.2) is 24.4 Å². The number of aliphatic carboxylic acids is 1. The van der Waals surface area contributed by atoms with Gasteiger partial charge in [0.25, 0.3) is 0 Å². The van der Waals surface area contributed by atoms with E-state index in [0.29, 0.717) is 18.6 Å². The summed E-state index contributed by atoms with van der Waals surface area (Å²) in [7, 11) is 1.62. The predicted octanol–water partition coefficient (Wildman–Crippen LogP) is 4.75. The number of pyridine rings is 1. The van der Waals surface area contributed by atoms with E-state index in [9.17, 15) is 15.0 Å². The molecular weight excluding hydrogens is 474 g/mol. The van der Waals surface area contributed by atoms with Crippen LogP contribution in [0.4, 0.5) is 0 Å². The van der Waals surface area contributed by atoms with Crippen molar-refractivity contribution in [2.75, 3.05) is 32.5 Å². The normalized spacial score (nSPS) is 19.5. The molecule has 1 saturated carbocycles. The van der Waals surface area contributed by atoms with E-state index in [4.69, 9.17) is 10.5 Å². The van der Waals surface area contributed by atoms with Gasteiger partial charge in [0.1, 0.15) is 5.75 Å². The molecule has 198 valence electrons. The van der Waals surface area contributed by atoms with Crippen LogP contribution in [0.2, 0.25) is 0 Å². The summed E-state index contributed by atoms with van der Waals surface area (Å²) < 4.78 is 5.40. The highest BCUT2D eigenvalue weighted by Crippen LogP contribution is 2.42. The number of nitrogens with two attached hydrogens (primary N) is 1. The lowest BCUT2D eigenvalue weighted by atomic mass is 9.71. The van der Waals surface area contributed by atoms with Crippen molar-refractivity contribution in [1.82, 2.24) is 9.88 Å². The Balaban J connectivity index is 1.41. The summed E-state index contributed by atoms with van der Waals surface area (Å²) in [6.07, 6.45) is 9.50. The molecule has 1 aromatic heterocycles. The lowest BCUT2D eigenvalue weighted by Gasteiger charge is -2.41. The summed E-state index contributed by atoms with van der Waals surface area (Å²) in [5.41, 5.74) is 8.10. The first-order valence-electron chi connectivity index (χ1n) is 13.3. The standard InChI is InChI=1S/C28H41N3O4S/c1-35-21-6-7-24-23(16-21)27(20(18-29)19-30-24)25(32)8-9-28(17-26(33)34)10-12-31(13-11-28)14-15-36-22-4-2-3-5-22/h6-7,16,19,22,25,32H,2-5,8-15,17-18,29H2,1H3,(H,33,34)/t25-/m0/s1. The van der Waals surface area contributed by atoms with Gasteiger partial charge in [-0.2, -0.15) is 11.8 Å². The van der Waals surface area contributed by atoms with E-state index in [-0.39, 0.29) is 18.4 Å². The molecule has 2 aromatic rings. The summed E-state index contributed by atoms with van der Waals surface area (Å²) in [4.78, 5) is 18.8. The van der Waals surface area contributed by atoms with Gasteiger partial charge in [0.2, 0.25) is 0 Å². The number of aliphatic hydroxyl groups is 1. The SMILES string of the molecule is COc1ccc2ncc(CN)c([C@@H](O)CCC3(CC(=O)O)CCN(CCSC4CCCC4)CC3)c2c1. The van der Waals surface area contributed by atoms with Crippen molar-refractivity contribution in [3.8, 4) is 5.75 Å². The van der Waals surface area contributed by atoms with Crippen LogP contribution in [0.1, 0.15) is 75.0 Å². The molecule has 8 heteroatoms. The third-order valence-corrected chi connectivity index (χ3v) is 9.57. The molecule has 4 rings (SSSR count). The lowest BCUT2D eigenvalue weighted by Crippen LogP contribution is -2.42. The molecule has 1 aliphatic heterocycles. The predicted molar refractivity (Wildman–Crippen MR) is 145 cm³/mol. The van der Waals surface area contributed by atoms with Gasteiger partial charge in [0, 0.05) is 35.7 Å². The number of carboxylic acids is 1. The highest BCUT2D eigenvalue weighted by atomic mass is 32.2. The average molecular weight is 516 g/mol. The maximum absolute atomic E-state index is 11.8. The van der Waals surface area contributed by atoms with Crippen LogP contribution in [-0.4, -0.2) is 63.8 Å². The molecule has 4 N–H and O–H groups in total. The van der Waals surface area contributed by atoms with E-state index in [1.54, 1.807) is 13.3 Å². The molecule has 0 radical (unpaired) electrons. The Morgan fingerprint density at radius 3 is 2.72 bits per heavy atom. The van der Waals surface area contributed by atoms with E-state index >= 15 is 0 Å². The molecule has 2 heterocycles. The van der Waals surface area contributed by atoms with Crippen molar-refractivity contribution >= 4 is 28.6 Å². The van der Waals surface area contributed by atoms with Crippen LogP contribution in [0, 0.1) is 5.41 Å². The lowest BCUT2D eigenvalue weighted by molar-refractivity contribution is -0.141. The van der Waals surface area contributed by atoms with Gasteiger partial charge in [0.15, 0.2) is 0 Å². The first kappa shape index (κ1) is 27.2. The van der Waals surface area contributed by atoms with Crippen LogP contribution in [0.25, 0.3) is 10.9 Å². The van der Waals surface area contributed by atoms with Crippen molar-refractivity contribution in [3.63, 3.8) is 0 Å². The molecule has 2 fully saturated rings. The second-order valence-corrected chi connectivity index (χ2v) is 11.9. The molecule has 0 amide bonds. The number of rotatable bonds is 12. The number of aliphatic hydroxyl groups excluding tert-OH is 1. The zero-order chi connectivity index (χ0) is 25.5. The van der Waals surface area contributed by atoms with Gasteiger partial charge in [-0.25, -0.2) is 0 Å². The van der Waals surface area contributed by atoms with Gasteiger partial charge in [-0.1, -0.05) is 12.8 Å². The number of piperidine rings is 1. The minimum Gasteiger partial charge on any atom is -0.497 e. The molecule has 2 aliphatic rings. The van der Waals surface area contributed by atoms with Gasteiger partial charge in [-0.15, -0.1) is 0 Å². The largest absolute Gasteiger partial charge is 0.497 e. The number of likely N-dealkylation sites (tertiary alicyclic amines) is 1. The van der Waals surface area contributed by atoms with Crippen LogP contribution < -0.4 is 10.5 Å². The van der Waals surface area contributed by atoms with Crippen molar-refractivity contribution < 1.29 is 19.7 Å². The third-order valence-electron chi connectivity index (χ3n) is 8.21. The zero-order valence-corrected chi connectivity index (χ0v) is 22.3. The van der Waals surface area contributed by atoms with Crippen LogP contribution in [0.3, 0.4) is 0 Å². The minimum absolute atomic E-state index is 0.152. The number of aromatic nitrogens is 1. The molecule has 1 saturated heterocycles. The Bertz CT molecular complexity index is 1010. The molecule has 1 atom stereocenters. The second-order valence-electron chi connectivity index (χ2n) is 10.5. The fourth-order valence-corrected chi connectivity index (χ4v) is 7.36. The van der Waals surface area contributed by atoms with E-state index in [2.05, 4.69) is 21.6 Å². The van der Waals surface area contributed by atoms with Gasteiger partial charge >= 0.3 is 5.97 Å². The average Bonchev–Trinajstić information content (AvgIpc) is 3.40. The molecule has 0 bridgehead atoms. The molecular formula is C28H41N3O4S. The Labute approximate surface area is 218 Å². The van der Waals surface area contributed by atoms with Crippen LogP contribution in [-0.2, 0) is 11.3 Å². The number of hydrogen-bond acceptors (Lipinski definition) is 7. The van der Waals surface area contributed by atoms with Gasteiger partial charge in [-0.3, -0.25) is 9.78 Å². The molecule has 0 unspecified atom stereocenters. The Morgan fingerprint density at radius 1 is 1.31 bits per heavy atom. The first-order valence-corrected chi connectivity index (χ1v) is 14.4. The van der Waals surface area contributed by atoms with Crippen molar-refractivity contribution in [2.24, 2.45) is 11.1 Å². The van der Waals surface area contributed by atoms with Gasteiger partial charge in [-0.05, 0) is 86.4 Å². The number of benzene rings is 1. The van der Waals surface area contributed by atoms with Crippen molar-refractivity contribution in [3.05, 3.63) is 35.5 Å². The second kappa shape index (κ2) is 12.6. The summed E-state index contributed by atoms with van der Waals surface area (Å²) in [5.74, 6) is 1.11. The number of thioether (sulfide) groups is 1. The summed E-state index contributed by atoms with van der Waals surface area (Å²) in [6, 6.07) is 5.64. The highest BCUT2D eigenvalue weighted by Gasteiger charge is 2.37. The van der Waals surface area contributed by atoms with E-state index in [1.165, 1.54) is 25.7 Å². The van der Waals surface area contributed by atoms with E-state index in [0.717, 1.165) is 65.5 Å². The smallest absolute Gasteiger partial charge is 0.303 e. The van der Waals surface area contributed by atoms with Gasteiger partial charge in [0.05, 0.1) is 25.2 Å². The van der Waals surface area contributed by atoms with Crippen molar-refractivity contribution in [1.29, 1.82) is 0 Å². The Kier molecular flexibility index (Phi) is 9.50. The zero-order valence-electron chi connectivity index (χ0n) is 21.5.